The van der Waals surface area contributed by atoms with Crippen molar-refractivity contribution in [2.45, 2.75) is 31.6 Å². The Morgan fingerprint density at radius 2 is 1.74 bits per heavy atom. The third-order valence-corrected chi connectivity index (χ3v) is 8.92. The normalized spacial score (nSPS) is 18.2. The minimum atomic E-state index is -3.33. The van der Waals surface area contributed by atoms with Gasteiger partial charge in [0.05, 0.1) is 12.9 Å². The Morgan fingerprint density at radius 3 is 2.42 bits per heavy atom. The molecule has 0 atom stereocenters. The van der Waals surface area contributed by atoms with Gasteiger partial charge in [-0.1, -0.05) is 18.2 Å². The number of sulfonamides is 1. The van der Waals surface area contributed by atoms with Crippen LogP contribution in [0.2, 0.25) is 0 Å². The first kappa shape index (κ1) is 24.9. The Bertz CT molecular complexity index is 1520. The van der Waals surface area contributed by atoms with Crippen LogP contribution in [0.1, 0.15) is 39.9 Å². The molecule has 0 aliphatic carbocycles. The average Bonchev–Trinajstić information content (AvgIpc) is 3.45. The number of amides is 1. The van der Waals surface area contributed by atoms with Gasteiger partial charge in [0.2, 0.25) is 10.0 Å². The number of aryl methyl sites for hydroxylation is 1. The van der Waals surface area contributed by atoms with Crippen LogP contribution in [-0.2, 0) is 21.9 Å². The Hall–Kier alpha value is -3.36. The van der Waals surface area contributed by atoms with Gasteiger partial charge in [-0.25, -0.2) is 8.42 Å². The largest absolute Gasteiger partial charge is 0.492 e. The Balaban J connectivity index is 1.24. The molecule has 3 aliphatic heterocycles. The maximum Gasteiger partial charge on any atom is 0.258 e. The van der Waals surface area contributed by atoms with Crippen molar-refractivity contribution in [3.05, 3.63) is 76.9 Å². The number of fused-ring (bicyclic) bond motifs is 3. The van der Waals surface area contributed by atoms with Gasteiger partial charge in [0.25, 0.3) is 5.91 Å². The summed E-state index contributed by atoms with van der Waals surface area (Å²) in [6, 6.07) is 17.5. The number of likely N-dealkylation sites (tertiary alicyclic amines) is 1. The lowest BCUT2D eigenvalue weighted by atomic mass is 9.74. The first-order valence-electron chi connectivity index (χ1n) is 13.1. The van der Waals surface area contributed by atoms with Crippen molar-refractivity contribution in [1.82, 2.24) is 4.90 Å². The summed E-state index contributed by atoms with van der Waals surface area (Å²) in [5.41, 5.74) is 7.63. The lowest BCUT2D eigenvalue weighted by Crippen LogP contribution is -2.42. The monoisotopic (exact) mass is 531 g/mol. The molecule has 3 aliphatic rings. The molecule has 1 amide bonds. The second kappa shape index (κ2) is 9.13. The quantitative estimate of drug-likeness (QED) is 0.533. The van der Waals surface area contributed by atoms with Gasteiger partial charge in [0.15, 0.2) is 0 Å². The molecule has 0 saturated carbocycles. The molecule has 0 unspecified atom stereocenters. The summed E-state index contributed by atoms with van der Waals surface area (Å²) in [6.07, 6.45) is 4.13. The average molecular weight is 532 g/mol. The SMILES string of the molecule is Cc1cc(NS(C)(=O)=O)ccc1-c1ccc(C(=O)N2CCc3cc4c(cc32)C2(CCN(C)CC2)CO4)cc1. The molecule has 7 nitrogen and oxygen atoms in total. The third kappa shape index (κ3) is 4.46. The highest BCUT2D eigenvalue weighted by molar-refractivity contribution is 7.92. The molecule has 198 valence electrons. The predicted octanol–water partition coefficient (Wildman–Crippen LogP) is 4.59. The fourth-order valence-corrected chi connectivity index (χ4v) is 6.68. The molecule has 0 aromatic heterocycles. The van der Waals surface area contributed by atoms with E-state index in [-0.39, 0.29) is 11.3 Å². The number of ether oxygens (including phenoxy) is 1. The zero-order chi connectivity index (χ0) is 26.7. The second-order valence-corrected chi connectivity index (χ2v) is 12.8. The number of rotatable bonds is 4. The fraction of sp³-hybridized carbons (Fsp3) is 0.367. The third-order valence-electron chi connectivity index (χ3n) is 8.31. The molecule has 3 heterocycles. The van der Waals surface area contributed by atoms with E-state index in [0.29, 0.717) is 17.8 Å². The summed E-state index contributed by atoms with van der Waals surface area (Å²) < 4.78 is 31.8. The van der Waals surface area contributed by atoms with Crippen LogP contribution in [0.3, 0.4) is 0 Å². The van der Waals surface area contributed by atoms with Crippen LogP contribution in [0.15, 0.2) is 54.6 Å². The number of nitrogens with zero attached hydrogens (tertiary/aromatic N) is 2. The van der Waals surface area contributed by atoms with E-state index >= 15 is 0 Å². The van der Waals surface area contributed by atoms with E-state index in [1.807, 2.05) is 48.2 Å². The van der Waals surface area contributed by atoms with Crippen LogP contribution in [-0.4, -0.2) is 58.8 Å². The van der Waals surface area contributed by atoms with Gasteiger partial charge >= 0.3 is 0 Å². The van der Waals surface area contributed by atoms with Crippen LogP contribution < -0.4 is 14.4 Å². The summed E-state index contributed by atoms with van der Waals surface area (Å²) >= 11 is 0. The molecule has 1 N–H and O–H groups in total. The number of hydrogen-bond donors (Lipinski definition) is 1. The molecule has 38 heavy (non-hydrogen) atoms. The minimum Gasteiger partial charge on any atom is -0.492 e. The first-order chi connectivity index (χ1) is 18.1. The molecule has 8 heteroatoms. The number of carbonyl (C=O) groups excluding carboxylic acids is 1. The lowest BCUT2D eigenvalue weighted by molar-refractivity contribution is 0.0989. The number of anilines is 2. The molecule has 1 spiro atoms. The smallest absolute Gasteiger partial charge is 0.258 e. The fourth-order valence-electron chi connectivity index (χ4n) is 6.13. The summed E-state index contributed by atoms with van der Waals surface area (Å²) in [5, 5.41) is 0. The molecule has 3 aromatic rings. The van der Waals surface area contributed by atoms with E-state index < -0.39 is 10.0 Å². The molecular weight excluding hydrogens is 498 g/mol. The molecule has 0 bridgehead atoms. The number of carbonyl (C=O) groups is 1. The lowest BCUT2D eigenvalue weighted by Gasteiger charge is -2.37. The van der Waals surface area contributed by atoms with Gasteiger partial charge in [0, 0.05) is 34.5 Å². The van der Waals surface area contributed by atoms with E-state index in [9.17, 15) is 13.2 Å². The standard InChI is InChI=1S/C30H33N3O4S/c1-20-16-24(31-38(3,35)36)8-9-25(20)21-4-6-22(7-5-21)29(34)33-13-10-23-17-28-26(18-27(23)33)30(19-37-28)11-14-32(2)15-12-30/h4-9,16-18,31H,10-15,19H2,1-3H3. The zero-order valence-corrected chi connectivity index (χ0v) is 22.9. The first-order valence-corrected chi connectivity index (χ1v) is 15.0. The van der Waals surface area contributed by atoms with Crippen LogP contribution in [0.5, 0.6) is 5.75 Å². The molecule has 1 fully saturated rings. The van der Waals surface area contributed by atoms with Crippen LogP contribution in [0, 0.1) is 6.92 Å². The van der Waals surface area contributed by atoms with Crippen molar-refractivity contribution in [2.24, 2.45) is 0 Å². The molecular formula is C30H33N3O4S. The van der Waals surface area contributed by atoms with E-state index in [4.69, 9.17) is 4.74 Å². The van der Waals surface area contributed by atoms with E-state index in [1.54, 1.807) is 6.07 Å². The number of benzene rings is 3. The number of piperidine rings is 1. The molecule has 1 saturated heterocycles. The highest BCUT2D eigenvalue weighted by Crippen LogP contribution is 2.49. The van der Waals surface area contributed by atoms with Gasteiger partial charge in [0.1, 0.15) is 5.75 Å². The summed E-state index contributed by atoms with van der Waals surface area (Å²) in [6.45, 7) is 5.47. The Labute approximate surface area is 224 Å². The predicted molar refractivity (Wildman–Crippen MR) is 151 cm³/mol. The van der Waals surface area contributed by atoms with Crippen LogP contribution >= 0.6 is 0 Å². The van der Waals surface area contributed by atoms with Crippen molar-refractivity contribution in [2.75, 3.05) is 49.2 Å². The van der Waals surface area contributed by atoms with Crippen molar-refractivity contribution < 1.29 is 17.9 Å². The Morgan fingerprint density at radius 1 is 1.00 bits per heavy atom. The zero-order valence-electron chi connectivity index (χ0n) is 22.1. The van der Waals surface area contributed by atoms with Gasteiger partial charge in [-0.15, -0.1) is 0 Å². The Kier molecular flexibility index (Phi) is 6.00. The van der Waals surface area contributed by atoms with Gasteiger partial charge < -0.3 is 14.5 Å². The van der Waals surface area contributed by atoms with Crippen LogP contribution in [0.4, 0.5) is 11.4 Å². The van der Waals surface area contributed by atoms with Gasteiger partial charge in [-0.05, 0) is 105 Å². The maximum atomic E-state index is 13.6. The van der Waals surface area contributed by atoms with E-state index in [2.05, 4.69) is 28.8 Å². The minimum absolute atomic E-state index is 0.0102. The number of nitrogens with one attached hydrogen (secondary N) is 1. The highest BCUT2D eigenvalue weighted by Gasteiger charge is 2.44. The molecule has 0 radical (unpaired) electrons. The van der Waals surface area contributed by atoms with Crippen molar-refractivity contribution in [3.63, 3.8) is 0 Å². The summed E-state index contributed by atoms with van der Waals surface area (Å²) in [5.74, 6) is 1.01. The summed E-state index contributed by atoms with van der Waals surface area (Å²) in [7, 11) is -1.16. The highest BCUT2D eigenvalue weighted by atomic mass is 32.2. The number of hydrogen-bond acceptors (Lipinski definition) is 5. The van der Waals surface area contributed by atoms with Crippen molar-refractivity contribution >= 4 is 27.3 Å². The second-order valence-electron chi connectivity index (χ2n) is 11.0. The topological polar surface area (TPSA) is 79.0 Å². The van der Waals surface area contributed by atoms with E-state index in [1.165, 1.54) is 11.1 Å². The van der Waals surface area contributed by atoms with Crippen molar-refractivity contribution in [3.8, 4) is 16.9 Å². The van der Waals surface area contributed by atoms with Gasteiger partial charge in [-0.3, -0.25) is 9.52 Å². The molecule has 6 rings (SSSR count). The van der Waals surface area contributed by atoms with E-state index in [0.717, 1.165) is 73.3 Å². The van der Waals surface area contributed by atoms with Crippen molar-refractivity contribution in [1.29, 1.82) is 0 Å². The van der Waals surface area contributed by atoms with Gasteiger partial charge in [-0.2, -0.15) is 0 Å². The maximum absolute atomic E-state index is 13.6. The summed E-state index contributed by atoms with van der Waals surface area (Å²) in [4.78, 5) is 17.9. The molecule has 3 aromatic carbocycles. The van der Waals surface area contributed by atoms with Crippen LogP contribution in [0.25, 0.3) is 11.1 Å².